The zero-order valence-electron chi connectivity index (χ0n) is 9.76. The van der Waals surface area contributed by atoms with Crippen LogP contribution < -0.4 is 5.73 Å². The Morgan fingerprint density at radius 3 is 2.60 bits per heavy atom. The van der Waals surface area contributed by atoms with Crippen LogP contribution in [0.25, 0.3) is 5.69 Å². The molecular formula is C11H8BrF3N4O. The molecule has 2 rings (SSSR count). The maximum atomic E-state index is 12.5. The molecule has 0 unspecified atom stereocenters. The summed E-state index contributed by atoms with van der Waals surface area (Å²) >= 11 is 3.21. The van der Waals surface area contributed by atoms with Gasteiger partial charge in [-0.15, -0.1) is 0 Å². The number of alkyl halides is 3. The highest BCUT2D eigenvalue weighted by Gasteiger charge is 2.32. The molecule has 1 aromatic carbocycles. The minimum atomic E-state index is -4.45. The van der Waals surface area contributed by atoms with Gasteiger partial charge in [0.2, 0.25) is 0 Å². The predicted molar refractivity (Wildman–Crippen MR) is 68.8 cm³/mol. The van der Waals surface area contributed by atoms with E-state index in [4.69, 9.17) is 10.9 Å². The quantitative estimate of drug-likeness (QED) is 0.379. The van der Waals surface area contributed by atoms with Crippen molar-refractivity contribution in [1.82, 2.24) is 9.78 Å². The number of rotatable bonds is 2. The molecule has 9 heteroatoms. The Morgan fingerprint density at radius 2 is 2.10 bits per heavy atom. The molecule has 3 N–H and O–H groups in total. The number of hydrogen-bond acceptors (Lipinski definition) is 3. The number of oxime groups is 1. The van der Waals surface area contributed by atoms with Crippen molar-refractivity contribution >= 4 is 21.8 Å². The van der Waals surface area contributed by atoms with Crippen LogP contribution in [0.2, 0.25) is 0 Å². The summed E-state index contributed by atoms with van der Waals surface area (Å²) in [6.07, 6.45) is -2.83. The summed E-state index contributed by atoms with van der Waals surface area (Å²) in [6.45, 7) is 0. The molecule has 0 saturated carbocycles. The van der Waals surface area contributed by atoms with E-state index in [1.165, 1.54) is 18.2 Å². The van der Waals surface area contributed by atoms with Gasteiger partial charge in [-0.3, -0.25) is 0 Å². The molecule has 0 aliphatic heterocycles. The first-order valence-electron chi connectivity index (χ1n) is 5.22. The third-order valence-corrected chi connectivity index (χ3v) is 3.14. The normalized spacial score (nSPS) is 12.7. The zero-order chi connectivity index (χ0) is 14.9. The second kappa shape index (κ2) is 5.16. The number of hydrogen-bond donors (Lipinski definition) is 2. The third kappa shape index (κ3) is 2.77. The summed E-state index contributed by atoms with van der Waals surface area (Å²) < 4.78 is 39.1. The third-order valence-electron chi connectivity index (χ3n) is 2.51. The number of aromatic nitrogens is 2. The second-order valence-corrected chi connectivity index (χ2v) is 4.68. The van der Waals surface area contributed by atoms with Gasteiger partial charge in [0.25, 0.3) is 0 Å². The number of benzene rings is 1. The van der Waals surface area contributed by atoms with E-state index < -0.39 is 11.7 Å². The highest BCUT2D eigenvalue weighted by atomic mass is 79.9. The monoisotopic (exact) mass is 348 g/mol. The van der Waals surface area contributed by atoms with Crippen molar-refractivity contribution in [2.75, 3.05) is 0 Å². The molecule has 0 aliphatic rings. The van der Waals surface area contributed by atoms with Gasteiger partial charge >= 0.3 is 6.18 Å². The second-order valence-electron chi connectivity index (χ2n) is 3.82. The first-order valence-corrected chi connectivity index (χ1v) is 6.02. The van der Waals surface area contributed by atoms with E-state index in [0.29, 0.717) is 15.7 Å². The standard InChI is InChI=1S/C11H8BrF3N4O/c12-8-3-6(10(16)18-20)1-2-9(8)19-5-7(4-17-19)11(13,14)15/h1-5,20H,(H2,16,18). The van der Waals surface area contributed by atoms with E-state index in [9.17, 15) is 13.2 Å². The zero-order valence-corrected chi connectivity index (χ0v) is 11.4. The minimum Gasteiger partial charge on any atom is -0.409 e. The van der Waals surface area contributed by atoms with Gasteiger partial charge in [0.05, 0.1) is 17.4 Å². The lowest BCUT2D eigenvalue weighted by molar-refractivity contribution is -0.137. The van der Waals surface area contributed by atoms with Crippen LogP contribution in [0.5, 0.6) is 0 Å². The van der Waals surface area contributed by atoms with Crippen LogP contribution in [0.15, 0.2) is 40.2 Å². The summed E-state index contributed by atoms with van der Waals surface area (Å²) in [4.78, 5) is 0. The average molecular weight is 349 g/mol. The number of halogens is 4. The largest absolute Gasteiger partial charge is 0.419 e. The van der Waals surface area contributed by atoms with E-state index in [2.05, 4.69) is 26.2 Å². The Labute approximate surface area is 119 Å². The topological polar surface area (TPSA) is 76.4 Å². The van der Waals surface area contributed by atoms with Crippen LogP contribution >= 0.6 is 15.9 Å². The minimum absolute atomic E-state index is 0.103. The lowest BCUT2D eigenvalue weighted by atomic mass is 10.2. The lowest BCUT2D eigenvalue weighted by Crippen LogP contribution is -2.13. The van der Waals surface area contributed by atoms with Crippen molar-refractivity contribution in [1.29, 1.82) is 0 Å². The molecule has 2 aromatic rings. The molecule has 0 amide bonds. The van der Waals surface area contributed by atoms with Crippen molar-refractivity contribution in [2.24, 2.45) is 10.9 Å². The van der Waals surface area contributed by atoms with Gasteiger partial charge in [-0.2, -0.15) is 18.3 Å². The van der Waals surface area contributed by atoms with Gasteiger partial charge in [0.1, 0.15) is 0 Å². The molecule has 0 atom stereocenters. The summed E-state index contributed by atoms with van der Waals surface area (Å²) in [5.74, 6) is -0.103. The first kappa shape index (κ1) is 14.4. The van der Waals surface area contributed by atoms with E-state index in [1.54, 1.807) is 0 Å². The fourth-order valence-corrected chi connectivity index (χ4v) is 2.07. The Morgan fingerprint density at radius 1 is 1.40 bits per heavy atom. The van der Waals surface area contributed by atoms with E-state index in [1.807, 2.05) is 0 Å². The number of nitrogens with zero attached hydrogens (tertiary/aromatic N) is 3. The van der Waals surface area contributed by atoms with Gasteiger partial charge < -0.3 is 10.9 Å². The molecule has 0 radical (unpaired) electrons. The lowest BCUT2D eigenvalue weighted by Gasteiger charge is -2.07. The summed E-state index contributed by atoms with van der Waals surface area (Å²) in [5.41, 5.74) is 5.40. The molecule has 5 nitrogen and oxygen atoms in total. The Bertz CT molecular complexity index is 666. The number of amidine groups is 1. The highest BCUT2D eigenvalue weighted by Crippen LogP contribution is 2.30. The smallest absolute Gasteiger partial charge is 0.409 e. The fraction of sp³-hybridized carbons (Fsp3) is 0.0909. The van der Waals surface area contributed by atoms with Crippen molar-refractivity contribution in [3.8, 4) is 5.69 Å². The molecule has 0 saturated heterocycles. The van der Waals surface area contributed by atoms with E-state index in [0.717, 1.165) is 17.1 Å². The molecule has 106 valence electrons. The van der Waals surface area contributed by atoms with Gasteiger partial charge in [-0.25, -0.2) is 4.68 Å². The van der Waals surface area contributed by atoms with Gasteiger partial charge in [-0.05, 0) is 34.1 Å². The maximum Gasteiger partial charge on any atom is 0.419 e. The summed E-state index contributed by atoms with van der Waals surface area (Å²) in [6, 6.07) is 4.52. The van der Waals surface area contributed by atoms with Crippen molar-refractivity contribution in [3.63, 3.8) is 0 Å². The molecule has 0 bridgehead atoms. The molecule has 0 aliphatic carbocycles. The highest BCUT2D eigenvalue weighted by molar-refractivity contribution is 9.10. The predicted octanol–water partition coefficient (Wildman–Crippen LogP) is 2.75. The Hall–Kier alpha value is -2.03. The van der Waals surface area contributed by atoms with Crippen molar-refractivity contribution in [3.05, 3.63) is 46.2 Å². The summed E-state index contributed by atoms with van der Waals surface area (Å²) in [5, 5.41) is 15.1. The Balaban J connectivity index is 2.41. The van der Waals surface area contributed by atoms with Crippen molar-refractivity contribution in [2.45, 2.75) is 6.18 Å². The van der Waals surface area contributed by atoms with Crippen LogP contribution in [-0.4, -0.2) is 20.8 Å². The van der Waals surface area contributed by atoms with E-state index >= 15 is 0 Å². The number of nitrogens with two attached hydrogens (primary N) is 1. The molecule has 1 aromatic heterocycles. The molecule has 0 fully saturated rings. The summed E-state index contributed by atoms with van der Waals surface area (Å²) in [7, 11) is 0. The van der Waals surface area contributed by atoms with Gasteiger partial charge in [0.15, 0.2) is 5.84 Å². The molecule has 1 heterocycles. The van der Waals surface area contributed by atoms with Gasteiger partial charge in [0, 0.05) is 16.2 Å². The van der Waals surface area contributed by atoms with Crippen LogP contribution in [0.4, 0.5) is 13.2 Å². The van der Waals surface area contributed by atoms with Gasteiger partial charge in [-0.1, -0.05) is 5.16 Å². The Kier molecular flexibility index (Phi) is 3.71. The average Bonchev–Trinajstić information content (AvgIpc) is 2.87. The van der Waals surface area contributed by atoms with Crippen LogP contribution in [0.3, 0.4) is 0 Å². The molecule has 20 heavy (non-hydrogen) atoms. The van der Waals surface area contributed by atoms with Crippen LogP contribution in [0.1, 0.15) is 11.1 Å². The molecule has 0 spiro atoms. The van der Waals surface area contributed by atoms with E-state index in [-0.39, 0.29) is 5.84 Å². The maximum absolute atomic E-state index is 12.5. The SMILES string of the molecule is N/C(=N/O)c1ccc(-n2cc(C(F)(F)F)cn2)c(Br)c1. The van der Waals surface area contributed by atoms with Crippen LogP contribution in [0, 0.1) is 0 Å². The molecular weight excluding hydrogens is 341 g/mol. The van der Waals surface area contributed by atoms with Crippen molar-refractivity contribution < 1.29 is 18.4 Å². The fourth-order valence-electron chi connectivity index (χ4n) is 1.51. The van der Waals surface area contributed by atoms with Crippen LogP contribution in [-0.2, 0) is 6.18 Å². The first-order chi connectivity index (χ1) is 9.32.